The van der Waals surface area contributed by atoms with E-state index in [4.69, 9.17) is 9.51 Å². The summed E-state index contributed by atoms with van der Waals surface area (Å²) in [4.78, 5) is 25.8. The van der Waals surface area contributed by atoms with E-state index in [1.165, 1.54) is 11.1 Å². The van der Waals surface area contributed by atoms with Crippen molar-refractivity contribution in [3.05, 3.63) is 71.5 Å². The summed E-state index contributed by atoms with van der Waals surface area (Å²) in [7, 11) is 1.89. The number of pyridine rings is 1. The molecule has 9 heteroatoms. The largest absolute Gasteiger partial charge is 0.360 e. The van der Waals surface area contributed by atoms with Gasteiger partial charge in [0.2, 0.25) is 0 Å². The molecule has 0 spiro atoms. The molecule has 2 aliphatic rings. The molecule has 1 saturated carbocycles. The summed E-state index contributed by atoms with van der Waals surface area (Å²) < 4.78 is 7.26. The molecule has 7 rings (SSSR count). The molecule has 9 nitrogen and oxygen atoms in total. The Balaban J connectivity index is 1.19. The third-order valence-corrected chi connectivity index (χ3v) is 8.02. The average Bonchev–Trinajstić information content (AvgIpc) is 3.28. The SMILES string of the molecule is Cn1cc(-c2nc3c(-c4ccc5c(c4)CCCC[C@H]5NC(=O)c4cc(C5(C)CC5)on4)ccnc3[nH]2)cn1. The molecule has 4 aromatic heterocycles. The Morgan fingerprint density at radius 1 is 1.18 bits per heavy atom. The fourth-order valence-corrected chi connectivity index (χ4v) is 5.46. The number of nitrogens with zero attached hydrogens (tertiary/aromatic N) is 5. The van der Waals surface area contributed by atoms with Crippen LogP contribution in [0.15, 0.2) is 53.4 Å². The van der Waals surface area contributed by atoms with Crippen molar-refractivity contribution < 1.29 is 9.32 Å². The van der Waals surface area contributed by atoms with Crippen LogP contribution in [0.4, 0.5) is 0 Å². The van der Waals surface area contributed by atoms with Crippen molar-refractivity contribution in [2.45, 2.75) is 56.9 Å². The molecule has 0 radical (unpaired) electrons. The van der Waals surface area contributed by atoms with Gasteiger partial charge >= 0.3 is 0 Å². The first kappa shape index (κ1) is 22.9. The van der Waals surface area contributed by atoms with Gasteiger partial charge in [0.05, 0.1) is 17.8 Å². The van der Waals surface area contributed by atoms with E-state index in [0.717, 1.165) is 78.0 Å². The summed E-state index contributed by atoms with van der Waals surface area (Å²) in [6.45, 7) is 2.15. The van der Waals surface area contributed by atoms with Crippen LogP contribution in [-0.4, -0.2) is 35.8 Å². The number of aromatic amines is 1. The Labute approximate surface area is 219 Å². The number of aromatic nitrogens is 6. The van der Waals surface area contributed by atoms with E-state index in [1.54, 1.807) is 16.9 Å². The van der Waals surface area contributed by atoms with Gasteiger partial charge in [-0.2, -0.15) is 5.10 Å². The lowest BCUT2D eigenvalue weighted by molar-refractivity contribution is 0.0925. The number of carbonyl (C=O) groups is 1. The van der Waals surface area contributed by atoms with E-state index in [9.17, 15) is 4.79 Å². The van der Waals surface area contributed by atoms with Gasteiger partial charge in [0.25, 0.3) is 5.91 Å². The number of amides is 1. The molecular weight excluding hydrogens is 478 g/mol. The fraction of sp³-hybridized carbons (Fsp3) is 0.345. The van der Waals surface area contributed by atoms with Gasteiger partial charge in [-0.1, -0.05) is 36.7 Å². The zero-order chi connectivity index (χ0) is 25.9. The van der Waals surface area contributed by atoms with E-state index in [2.05, 4.69) is 50.7 Å². The Morgan fingerprint density at radius 3 is 2.89 bits per heavy atom. The molecule has 1 aromatic carbocycles. The van der Waals surface area contributed by atoms with Crippen molar-refractivity contribution in [2.24, 2.45) is 7.05 Å². The maximum absolute atomic E-state index is 13.1. The summed E-state index contributed by atoms with van der Waals surface area (Å²) in [5, 5.41) is 11.6. The van der Waals surface area contributed by atoms with E-state index < -0.39 is 0 Å². The smallest absolute Gasteiger partial charge is 0.273 e. The monoisotopic (exact) mass is 507 g/mol. The summed E-state index contributed by atoms with van der Waals surface area (Å²) in [6.07, 6.45) is 11.7. The lowest BCUT2D eigenvalue weighted by Gasteiger charge is -2.19. The molecule has 5 aromatic rings. The van der Waals surface area contributed by atoms with Gasteiger partial charge in [0.15, 0.2) is 11.3 Å². The number of carbonyl (C=O) groups excluding carboxylic acids is 1. The van der Waals surface area contributed by atoms with E-state index in [0.29, 0.717) is 5.69 Å². The lowest BCUT2D eigenvalue weighted by atomic mass is 9.94. The van der Waals surface area contributed by atoms with Crippen molar-refractivity contribution in [3.63, 3.8) is 0 Å². The van der Waals surface area contributed by atoms with Crippen LogP contribution < -0.4 is 5.32 Å². The number of rotatable bonds is 5. The third kappa shape index (κ3) is 3.98. The number of hydrogen-bond acceptors (Lipinski definition) is 6. The molecule has 2 aliphatic carbocycles. The second-order valence-corrected chi connectivity index (χ2v) is 10.9. The number of H-pyrrole nitrogens is 1. The first-order valence-corrected chi connectivity index (χ1v) is 13.2. The minimum absolute atomic E-state index is 0.0439. The van der Waals surface area contributed by atoms with Crippen LogP contribution in [0.2, 0.25) is 0 Å². The highest BCUT2D eigenvalue weighted by Gasteiger charge is 2.43. The van der Waals surface area contributed by atoms with E-state index in [-0.39, 0.29) is 17.4 Å². The van der Waals surface area contributed by atoms with E-state index in [1.807, 2.05) is 25.5 Å². The van der Waals surface area contributed by atoms with Gasteiger partial charge in [0.1, 0.15) is 17.1 Å². The number of nitrogens with one attached hydrogen (secondary N) is 2. The fourth-order valence-electron chi connectivity index (χ4n) is 5.46. The molecule has 0 bridgehead atoms. The standard InChI is InChI=1S/C29H29N7O2/c1-29(10-11-29)24-14-23(35-38-24)28(37)32-22-6-4-3-5-17-13-18(7-8-20(17)22)21-9-12-30-27-25(21)33-26(34-27)19-15-31-36(2)16-19/h7-9,12-16,22H,3-6,10-11H2,1-2H3,(H,32,37)(H,30,33,34)/t22-/m1/s1. The summed E-state index contributed by atoms with van der Waals surface area (Å²) in [5.74, 6) is 1.38. The molecule has 38 heavy (non-hydrogen) atoms. The van der Waals surface area contributed by atoms with Crippen LogP contribution in [0.1, 0.15) is 72.4 Å². The molecule has 0 unspecified atom stereocenters. The predicted molar refractivity (Wildman–Crippen MR) is 142 cm³/mol. The van der Waals surface area contributed by atoms with E-state index >= 15 is 0 Å². The van der Waals surface area contributed by atoms with Crippen molar-refractivity contribution >= 4 is 17.1 Å². The van der Waals surface area contributed by atoms with Crippen LogP contribution in [0.3, 0.4) is 0 Å². The second kappa shape index (κ2) is 8.65. The topological polar surface area (TPSA) is 115 Å². The molecular formula is C29H29N7O2. The summed E-state index contributed by atoms with van der Waals surface area (Å²) in [5.41, 5.74) is 7.43. The van der Waals surface area contributed by atoms with Crippen molar-refractivity contribution in [3.8, 4) is 22.5 Å². The lowest BCUT2D eigenvalue weighted by Crippen LogP contribution is -2.29. The van der Waals surface area contributed by atoms with Gasteiger partial charge in [-0.25, -0.2) is 9.97 Å². The summed E-state index contributed by atoms with van der Waals surface area (Å²) >= 11 is 0. The predicted octanol–water partition coefficient (Wildman–Crippen LogP) is 5.26. The van der Waals surface area contributed by atoms with Gasteiger partial charge in [0, 0.05) is 36.5 Å². The van der Waals surface area contributed by atoms with Crippen LogP contribution in [-0.2, 0) is 18.9 Å². The average molecular weight is 508 g/mol. The minimum Gasteiger partial charge on any atom is -0.360 e. The van der Waals surface area contributed by atoms with Crippen molar-refractivity contribution in [2.75, 3.05) is 0 Å². The minimum atomic E-state index is -0.179. The van der Waals surface area contributed by atoms with Crippen LogP contribution in [0.25, 0.3) is 33.7 Å². The highest BCUT2D eigenvalue weighted by molar-refractivity contribution is 5.93. The molecule has 2 N–H and O–H groups in total. The first-order chi connectivity index (χ1) is 18.5. The van der Waals surface area contributed by atoms with Crippen LogP contribution in [0, 0.1) is 0 Å². The van der Waals surface area contributed by atoms with Gasteiger partial charge < -0.3 is 14.8 Å². The maximum Gasteiger partial charge on any atom is 0.273 e. The zero-order valence-electron chi connectivity index (χ0n) is 21.5. The zero-order valence-corrected chi connectivity index (χ0v) is 21.5. The number of benzene rings is 1. The maximum atomic E-state index is 13.1. The Kier molecular flexibility index (Phi) is 5.21. The highest BCUT2D eigenvalue weighted by atomic mass is 16.5. The van der Waals surface area contributed by atoms with Crippen LogP contribution >= 0.6 is 0 Å². The highest BCUT2D eigenvalue weighted by Crippen LogP contribution is 2.47. The quantitative estimate of drug-likeness (QED) is 0.314. The first-order valence-electron chi connectivity index (χ1n) is 13.2. The van der Waals surface area contributed by atoms with Gasteiger partial charge in [-0.3, -0.25) is 9.48 Å². The van der Waals surface area contributed by atoms with Gasteiger partial charge in [-0.15, -0.1) is 0 Å². The normalized spacial score (nSPS) is 18.2. The molecule has 0 saturated heterocycles. The number of fused-ring (bicyclic) bond motifs is 2. The van der Waals surface area contributed by atoms with Crippen molar-refractivity contribution in [1.82, 2.24) is 35.2 Å². The number of aryl methyl sites for hydroxylation is 2. The molecule has 1 amide bonds. The molecule has 0 aliphatic heterocycles. The number of imidazole rings is 1. The van der Waals surface area contributed by atoms with Gasteiger partial charge in [-0.05, 0) is 54.9 Å². The molecule has 192 valence electrons. The summed E-state index contributed by atoms with van der Waals surface area (Å²) in [6, 6.07) is 10.3. The second-order valence-electron chi connectivity index (χ2n) is 10.9. The molecule has 1 atom stereocenters. The molecule has 1 fully saturated rings. The Morgan fingerprint density at radius 2 is 2.08 bits per heavy atom. The Hall–Kier alpha value is -4.27. The molecule has 4 heterocycles. The van der Waals surface area contributed by atoms with Crippen LogP contribution in [0.5, 0.6) is 0 Å². The third-order valence-electron chi connectivity index (χ3n) is 8.02. The van der Waals surface area contributed by atoms with Crippen molar-refractivity contribution in [1.29, 1.82) is 0 Å². The number of hydrogen-bond donors (Lipinski definition) is 2. The Bertz CT molecular complexity index is 1670.